The Morgan fingerprint density at radius 3 is 2.48 bits per heavy atom. The Labute approximate surface area is 237 Å². The third kappa shape index (κ3) is 6.64. The molecule has 4 aromatic rings. The molecule has 1 fully saturated rings. The largest absolute Gasteiger partial charge is 0.343 e. The smallest absolute Gasteiger partial charge is 0.331 e. The maximum Gasteiger partial charge on any atom is 0.331 e. The van der Waals surface area contributed by atoms with Gasteiger partial charge in [-0.15, -0.1) is 11.3 Å². The highest BCUT2D eigenvalue weighted by atomic mass is 32.1. The van der Waals surface area contributed by atoms with Gasteiger partial charge in [-0.3, -0.25) is 14.6 Å². The van der Waals surface area contributed by atoms with Crippen molar-refractivity contribution in [3.05, 3.63) is 101 Å². The number of benzene rings is 3. The number of aromatic nitrogens is 1. The van der Waals surface area contributed by atoms with Crippen LogP contribution in [0.15, 0.2) is 84.4 Å². The van der Waals surface area contributed by atoms with Crippen LogP contribution < -0.4 is 10.6 Å². The van der Waals surface area contributed by atoms with Crippen molar-refractivity contribution in [2.75, 3.05) is 26.7 Å². The molecule has 0 saturated carbocycles. The van der Waals surface area contributed by atoms with Gasteiger partial charge >= 0.3 is 6.03 Å². The molecule has 40 heavy (non-hydrogen) atoms. The standard InChI is InChI=1S/C30H32N6O3S/c1-34(30(39)31-18-23-11-6-3-7-12-23)36-16-15-35(19-24-13-8-14-26-28(24)32-21-40-26)29(38)25(33-27(37)20-36)17-22-9-4-2-5-10-22/h2-14,21,25H,15-20H2,1H3,(H,31,39)(H,33,37)/t25-/m0/s1. The molecule has 1 aromatic heterocycles. The fourth-order valence-electron chi connectivity index (χ4n) is 4.81. The van der Waals surface area contributed by atoms with Gasteiger partial charge in [0.2, 0.25) is 11.8 Å². The minimum absolute atomic E-state index is 0.0522. The Bertz CT molecular complexity index is 1460. The van der Waals surface area contributed by atoms with E-state index in [1.54, 1.807) is 33.8 Å². The second kappa shape index (κ2) is 12.7. The number of urea groups is 1. The summed E-state index contributed by atoms with van der Waals surface area (Å²) in [5, 5.41) is 8.94. The molecule has 0 unspecified atom stereocenters. The van der Waals surface area contributed by atoms with E-state index >= 15 is 0 Å². The number of amides is 4. The van der Waals surface area contributed by atoms with Gasteiger partial charge in [0.1, 0.15) is 6.04 Å². The molecule has 1 atom stereocenters. The van der Waals surface area contributed by atoms with Gasteiger partial charge in [0.05, 0.1) is 22.3 Å². The average Bonchev–Trinajstić information content (AvgIpc) is 3.48. The highest BCUT2D eigenvalue weighted by molar-refractivity contribution is 7.16. The summed E-state index contributed by atoms with van der Waals surface area (Å²) in [7, 11) is 1.63. The minimum Gasteiger partial charge on any atom is -0.343 e. The van der Waals surface area contributed by atoms with E-state index in [4.69, 9.17) is 0 Å². The van der Waals surface area contributed by atoms with Crippen LogP contribution in [-0.2, 0) is 29.1 Å². The number of hydrogen-bond acceptors (Lipinski definition) is 6. The second-order valence-electron chi connectivity index (χ2n) is 9.74. The number of nitrogens with one attached hydrogen (secondary N) is 2. The third-order valence-corrected chi connectivity index (χ3v) is 7.79. The van der Waals surface area contributed by atoms with Gasteiger partial charge < -0.3 is 15.5 Å². The zero-order valence-electron chi connectivity index (χ0n) is 22.3. The van der Waals surface area contributed by atoms with Gasteiger partial charge in [-0.2, -0.15) is 0 Å². The molecule has 0 aliphatic carbocycles. The fourth-order valence-corrected chi connectivity index (χ4v) is 5.53. The predicted molar refractivity (Wildman–Crippen MR) is 155 cm³/mol. The topological polar surface area (TPSA) is 97.9 Å². The van der Waals surface area contributed by atoms with Crippen molar-refractivity contribution >= 4 is 39.4 Å². The molecule has 2 N–H and O–H groups in total. The minimum atomic E-state index is -0.735. The molecule has 1 saturated heterocycles. The Balaban J connectivity index is 1.37. The molecule has 3 aromatic carbocycles. The Kier molecular flexibility index (Phi) is 8.68. The van der Waals surface area contributed by atoms with Crippen LogP contribution in [0.1, 0.15) is 16.7 Å². The van der Waals surface area contributed by atoms with E-state index in [0.29, 0.717) is 32.6 Å². The zero-order valence-corrected chi connectivity index (χ0v) is 23.1. The number of hydrogen-bond donors (Lipinski definition) is 2. The molecule has 0 spiro atoms. The molecule has 4 amide bonds. The van der Waals surface area contributed by atoms with Crippen molar-refractivity contribution in [3.8, 4) is 0 Å². The van der Waals surface area contributed by atoms with Gasteiger partial charge in [0.25, 0.3) is 0 Å². The molecule has 206 valence electrons. The normalized spacial score (nSPS) is 16.6. The second-order valence-corrected chi connectivity index (χ2v) is 10.6. The van der Waals surface area contributed by atoms with Crippen LogP contribution in [0, 0.1) is 0 Å². The lowest BCUT2D eigenvalue weighted by Crippen LogP contribution is -2.53. The first-order valence-electron chi connectivity index (χ1n) is 13.2. The van der Waals surface area contributed by atoms with Crippen molar-refractivity contribution < 1.29 is 14.4 Å². The summed E-state index contributed by atoms with van der Waals surface area (Å²) in [6, 6.07) is 24.2. The van der Waals surface area contributed by atoms with Crippen molar-refractivity contribution in [2.24, 2.45) is 0 Å². The highest BCUT2D eigenvalue weighted by Gasteiger charge is 2.31. The first-order valence-corrected chi connectivity index (χ1v) is 14.1. The van der Waals surface area contributed by atoms with Gasteiger partial charge in [0.15, 0.2) is 0 Å². The van der Waals surface area contributed by atoms with Gasteiger partial charge in [-0.1, -0.05) is 72.8 Å². The quantitative estimate of drug-likeness (QED) is 0.364. The molecular weight excluding hydrogens is 524 g/mol. The number of nitrogens with zero attached hydrogens (tertiary/aromatic N) is 4. The number of carbonyl (C=O) groups excluding carboxylic acids is 3. The number of hydrazine groups is 1. The molecule has 2 heterocycles. The first kappa shape index (κ1) is 27.3. The monoisotopic (exact) mass is 556 g/mol. The Hall–Kier alpha value is -4.28. The number of thiazole rings is 1. The lowest BCUT2D eigenvalue weighted by Gasteiger charge is -2.32. The van der Waals surface area contributed by atoms with Gasteiger partial charge in [0, 0.05) is 39.6 Å². The molecule has 0 radical (unpaired) electrons. The van der Waals surface area contributed by atoms with E-state index < -0.39 is 6.04 Å². The summed E-state index contributed by atoms with van der Waals surface area (Å²) in [5.41, 5.74) is 5.55. The van der Waals surface area contributed by atoms with Crippen molar-refractivity contribution in [1.29, 1.82) is 0 Å². The summed E-state index contributed by atoms with van der Waals surface area (Å²) in [5.74, 6) is -0.483. The SMILES string of the molecule is CN(C(=O)NCc1ccccc1)N1CCN(Cc2cccc3scnc23)C(=O)[C@H](Cc2ccccc2)NC(=O)C1. The van der Waals surface area contributed by atoms with E-state index in [-0.39, 0.29) is 24.4 Å². The number of para-hydroxylation sites is 1. The summed E-state index contributed by atoms with van der Waals surface area (Å²) >= 11 is 1.56. The summed E-state index contributed by atoms with van der Waals surface area (Å²) in [4.78, 5) is 46.4. The van der Waals surface area contributed by atoms with Gasteiger partial charge in [-0.25, -0.2) is 14.8 Å². The van der Waals surface area contributed by atoms with E-state index in [0.717, 1.165) is 26.9 Å². The summed E-state index contributed by atoms with van der Waals surface area (Å²) in [6.45, 7) is 1.29. The van der Waals surface area contributed by atoms with E-state index in [9.17, 15) is 14.4 Å². The first-order chi connectivity index (χ1) is 19.5. The lowest BCUT2D eigenvalue weighted by atomic mass is 10.0. The molecular formula is C30H32N6O3S. The van der Waals surface area contributed by atoms with E-state index in [2.05, 4.69) is 15.6 Å². The van der Waals surface area contributed by atoms with Gasteiger partial charge in [-0.05, 0) is 22.8 Å². The molecule has 0 bridgehead atoms. The van der Waals surface area contributed by atoms with Crippen LogP contribution >= 0.6 is 11.3 Å². The van der Waals surface area contributed by atoms with Crippen LogP contribution in [0.3, 0.4) is 0 Å². The van der Waals surface area contributed by atoms with Crippen molar-refractivity contribution in [3.63, 3.8) is 0 Å². The molecule has 1 aliphatic rings. The van der Waals surface area contributed by atoms with E-state index in [1.165, 1.54) is 5.01 Å². The third-order valence-electron chi connectivity index (χ3n) is 6.99. The Morgan fingerprint density at radius 2 is 1.73 bits per heavy atom. The Morgan fingerprint density at radius 1 is 1.00 bits per heavy atom. The van der Waals surface area contributed by atoms with Crippen molar-refractivity contribution in [1.82, 2.24) is 30.5 Å². The van der Waals surface area contributed by atoms with Crippen LogP contribution in [-0.4, -0.2) is 70.5 Å². The molecule has 10 heteroatoms. The lowest BCUT2D eigenvalue weighted by molar-refractivity contribution is -0.136. The van der Waals surface area contributed by atoms with E-state index in [1.807, 2.05) is 78.9 Å². The predicted octanol–water partition coefficient (Wildman–Crippen LogP) is 3.42. The summed E-state index contributed by atoms with van der Waals surface area (Å²) < 4.78 is 1.06. The molecule has 5 rings (SSSR count). The number of carbonyl (C=O) groups is 3. The molecule has 1 aliphatic heterocycles. The van der Waals surface area contributed by atoms with Crippen LogP contribution in [0.4, 0.5) is 4.79 Å². The average molecular weight is 557 g/mol. The molecule has 9 nitrogen and oxygen atoms in total. The van der Waals surface area contributed by atoms with Crippen molar-refractivity contribution in [2.45, 2.75) is 25.6 Å². The number of fused-ring (bicyclic) bond motifs is 1. The summed E-state index contributed by atoms with van der Waals surface area (Å²) in [6.07, 6.45) is 0.371. The van der Waals surface area contributed by atoms with Crippen LogP contribution in [0.5, 0.6) is 0 Å². The van der Waals surface area contributed by atoms with Crippen LogP contribution in [0.2, 0.25) is 0 Å². The maximum absolute atomic E-state index is 13.9. The zero-order chi connectivity index (χ0) is 27.9. The number of rotatable bonds is 7. The maximum atomic E-state index is 13.9. The fraction of sp³-hybridized carbons (Fsp3) is 0.267. The van der Waals surface area contributed by atoms with Crippen LogP contribution in [0.25, 0.3) is 10.2 Å². The highest BCUT2D eigenvalue weighted by Crippen LogP contribution is 2.23.